The minimum Gasteiger partial charge on any atom is -0.353 e. The van der Waals surface area contributed by atoms with E-state index in [2.05, 4.69) is 82.3 Å². The second-order valence-corrected chi connectivity index (χ2v) is 13.7. The summed E-state index contributed by atoms with van der Waals surface area (Å²) >= 11 is 0. The standard InChI is InChI=1S/C38H49N5O/c44-38(41-36-27-42-24-22-31(36)23-25-42)43(37(39-32-12-3-1-4-13-32)40-33-14-5-2-6-15-33)26-28-18-20-30(21-19-28)35-17-9-11-29-10-7-8-16-34(29)35/h7-11,16-21,31-33,36H,1-6,12-15,22-27H2,(H,39,40)(H,41,44). The highest BCUT2D eigenvalue weighted by Gasteiger charge is 2.36. The van der Waals surface area contributed by atoms with Gasteiger partial charge in [-0.1, -0.05) is 105 Å². The van der Waals surface area contributed by atoms with Gasteiger partial charge < -0.3 is 15.5 Å². The van der Waals surface area contributed by atoms with Crippen molar-refractivity contribution >= 4 is 22.8 Å². The van der Waals surface area contributed by atoms with E-state index in [1.807, 2.05) is 4.90 Å². The maximum Gasteiger partial charge on any atom is 0.324 e. The Morgan fingerprint density at radius 3 is 2.20 bits per heavy atom. The lowest BCUT2D eigenvalue weighted by Crippen LogP contribution is -2.60. The quantitative estimate of drug-likeness (QED) is 0.228. The van der Waals surface area contributed by atoms with Crippen LogP contribution in [0, 0.1) is 5.92 Å². The van der Waals surface area contributed by atoms with E-state index in [9.17, 15) is 4.79 Å². The Bertz CT molecular complexity index is 1430. The van der Waals surface area contributed by atoms with Gasteiger partial charge in [-0.3, -0.25) is 4.90 Å². The van der Waals surface area contributed by atoms with Gasteiger partial charge in [0.2, 0.25) is 5.96 Å². The van der Waals surface area contributed by atoms with E-state index in [0.717, 1.165) is 43.8 Å². The first kappa shape index (κ1) is 29.3. The molecule has 3 saturated heterocycles. The summed E-state index contributed by atoms with van der Waals surface area (Å²) in [5.41, 5.74) is 3.57. The molecule has 3 aromatic carbocycles. The van der Waals surface area contributed by atoms with Crippen molar-refractivity contribution in [1.29, 1.82) is 0 Å². The Hall–Kier alpha value is -3.38. The number of hydrogen-bond donors (Lipinski definition) is 2. The van der Waals surface area contributed by atoms with E-state index < -0.39 is 0 Å². The van der Waals surface area contributed by atoms with Crippen molar-refractivity contribution in [3.8, 4) is 11.1 Å². The number of piperidine rings is 3. The number of carbonyl (C=O) groups is 1. The normalized spacial score (nSPS) is 24.7. The molecule has 6 nitrogen and oxygen atoms in total. The molecule has 2 N–H and O–H groups in total. The molecular weight excluding hydrogens is 542 g/mol. The van der Waals surface area contributed by atoms with Crippen LogP contribution in [0.2, 0.25) is 0 Å². The van der Waals surface area contributed by atoms with E-state index in [-0.39, 0.29) is 18.1 Å². The Balaban J connectivity index is 1.17. The van der Waals surface area contributed by atoms with Crippen LogP contribution in [0.25, 0.3) is 21.9 Å². The molecule has 2 bridgehead atoms. The monoisotopic (exact) mass is 591 g/mol. The zero-order chi connectivity index (χ0) is 29.7. The third-order valence-corrected chi connectivity index (χ3v) is 10.7. The number of benzene rings is 3. The molecular formula is C38H49N5O. The van der Waals surface area contributed by atoms with E-state index in [1.165, 1.54) is 86.4 Å². The molecule has 0 radical (unpaired) electrons. The zero-order valence-electron chi connectivity index (χ0n) is 26.2. The van der Waals surface area contributed by atoms with Crippen molar-refractivity contribution in [3.63, 3.8) is 0 Å². The molecule has 1 atom stereocenters. The fraction of sp³-hybridized carbons (Fsp3) is 0.526. The summed E-state index contributed by atoms with van der Waals surface area (Å²) in [4.78, 5) is 24.1. The average Bonchev–Trinajstić information content (AvgIpc) is 3.08. The summed E-state index contributed by atoms with van der Waals surface area (Å²) < 4.78 is 0. The number of amides is 2. The van der Waals surface area contributed by atoms with Crippen LogP contribution in [0.5, 0.6) is 0 Å². The van der Waals surface area contributed by atoms with Gasteiger partial charge in [0, 0.05) is 18.6 Å². The number of hydrogen-bond acceptors (Lipinski definition) is 3. The Morgan fingerprint density at radius 2 is 1.48 bits per heavy atom. The molecule has 8 rings (SSSR count). The van der Waals surface area contributed by atoms with Crippen LogP contribution >= 0.6 is 0 Å². The molecule has 2 saturated carbocycles. The smallest absolute Gasteiger partial charge is 0.324 e. The van der Waals surface area contributed by atoms with Crippen LogP contribution in [-0.2, 0) is 6.54 Å². The summed E-state index contributed by atoms with van der Waals surface area (Å²) in [6.45, 7) is 3.81. The molecule has 44 heavy (non-hydrogen) atoms. The molecule has 0 spiro atoms. The number of nitrogens with one attached hydrogen (secondary N) is 2. The molecule has 0 aromatic heterocycles. The fourth-order valence-electron chi connectivity index (χ4n) is 8.05. The predicted octanol–water partition coefficient (Wildman–Crippen LogP) is 7.72. The number of guanidine groups is 1. The maximum atomic E-state index is 14.3. The number of aliphatic imine (C=N–C) groups is 1. The van der Waals surface area contributed by atoms with Crippen LogP contribution in [0.3, 0.4) is 0 Å². The van der Waals surface area contributed by atoms with Gasteiger partial charge in [-0.2, -0.15) is 0 Å². The summed E-state index contributed by atoms with van der Waals surface area (Å²) in [6, 6.07) is 24.8. The largest absolute Gasteiger partial charge is 0.353 e. The second-order valence-electron chi connectivity index (χ2n) is 13.7. The van der Waals surface area contributed by atoms with Crippen LogP contribution in [0.1, 0.15) is 82.6 Å². The third kappa shape index (κ3) is 6.81. The topological polar surface area (TPSA) is 60.0 Å². The number of carbonyl (C=O) groups excluding carboxylic acids is 1. The van der Waals surface area contributed by atoms with Gasteiger partial charge >= 0.3 is 6.03 Å². The van der Waals surface area contributed by atoms with Gasteiger partial charge in [0.05, 0.1) is 12.6 Å². The van der Waals surface area contributed by atoms with Crippen molar-refractivity contribution in [2.24, 2.45) is 10.9 Å². The lowest BCUT2D eigenvalue weighted by molar-refractivity contribution is 0.0745. The van der Waals surface area contributed by atoms with Gasteiger partial charge in [0.1, 0.15) is 0 Å². The van der Waals surface area contributed by atoms with Gasteiger partial charge in [-0.15, -0.1) is 0 Å². The Kier molecular flexibility index (Phi) is 9.15. The minimum atomic E-state index is -0.000233. The highest BCUT2D eigenvalue weighted by Crippen LogP contribution is 2.30. The van der Waals surface area contributed by atoms with Crippen molar-refractivity contribution in [2.75, 3.05) is 19.6 Å². The van der Waals surface area contributed by atoms with Crippen molar-refractivity contribution < 1.29 is 4.79 Å². The number of urea groups is 1. The summed E-state index contributed by atoms with van der Waals surface area (Å²) in [7, 11) is 0. The zero-order valence-corrected chi connectivity index (χ0v) is 26.2. The lowest BCUT2D eigenvalue weighted by Gasteiger charge is -2.45. The molecule has 6 heteroatoms. The number of nitrogens with zero attached hydrogens (tertiary/aromatic N) is 3. The van der Waals surface area contributed by atoms with E-state index in [0.29, 0.717) is 18.5 Å². The molecule has 2 amide bonds. The Labute approximate surface area is 263 Å². The van der Waals surface area contributed by atoms with Gasteiger partial charge in [-0.05, 0) is 85.0 Å². The number of fused-ring (bicyclic) bond motifs is 4. The summed E-state index contributed by atoms with van der Waals surface area (Å²) in [6.07, 6.45) is 14.5. The van der Waals surface area contributed by atoms with Gasteiger partial charge in [0.15, 0.2) is 0 Å². The van der Waals surface area contributed by atoms with Crippen molar-refractivity contribution in [1.82, 2.24) is 20.4 Å². The molecule has 5 fully saturated rings. The molecule has 3 aliphatic heterocycles. The van der Waals surface area contributed by atoms with Gasteiger partial charge in [0.25, 0.3) is 0 Å². The molecule has 3 heterocycles. The molecule has 1 unspecified atom stereocenters. The third-order valence-electron chi connectivity index (χ3n) is 10.7. The van der Waals surface area contributed by atoms with Crippen LogP contribution in [0.4, 0.5) is 4.79 Å². The van der Waals surface area contributed by atoms with E-state index in [4.69, 9.17) is 4.99 Å². The van der Waals surface area contributed by atoms with Crippen LogP contribution in [-0.4, -0.2) is 59.6 Å². The SMILES string of the molecule is O=C(NC1CN2CCC1CC2)N(Cc1ccc(-c2cccc3ccccc23)cc1)C(=NC1CCCCC1)NC1CCCCC1. The van der Waals surface area contributed by atoms with Gasteiger partial charge in [-0.25, -0.2) is 9.79 Å². The highest BCUT2D eigenvalue weighted by atomic mass is 16.2. The van der Waals surface area contributed by atoms with E-state index >= 15 is 0 Å². The molecule has 232 valence electrons. The Morgan fingerprint density at radius 1 is 0.773 bits per heavy atom. The molecule has 3 aromatic rings. The first-order chi connectivity index (χ1) is 21.7. The molecule has 2 aliphatic carbocycles. The summed E-state index contributed by atoms with van der Waals surface area (Å²) in [5.74, 6) is 1.37. The lowest BCUT2D eigenvalue weighted by atomic mass is 9.84. The first-order valence-electron chi connectivity index (χ1n) is 17.4. The second kappa shape index (κ2) is 13.7. The van der Waals surface area contributed by atoms with Crippen LogP contribution in [0.15, 0.2) is 71.7 Å². The summed E-state index contributed by atoms with van der Waals surface area (Å²) in [5, 5.41) is 9.86. The highest BCUT2D eigenvalue weighted by molar-refractivity contribution is 5.97. The van der Waals surface area contributed by atoms with Crippen molar-refractivity contribution in [3.05, 3.63) is 72.3 Å². The predicted molar refractivity (Wildman–Crippen MR) is 181 cm³/mol. The maximum absolute atomic E-state index is 14.3. The molecule has 5 aliphatic rings. The minimum absolute atomic E-state index is 0.000233. The number of rotatable bonds is 6. The average molecular weight is 592 g/mol. The van der Waals surface area contributed by atoms with E-state index in [1.54, 1.807) is 0 Å². The van der Waals surface area contributed by atoms with Crippen molar-refractivity contribution in [2.45, 2.75) is 102 Å². The fourth-order valence-corrected chi connectivity index (χ4v) is 8.05. The van der Waals surface area contributed by atoms with Crippen LogP contribution < -0.4 is 10.6 Å². The first-order valence-corrected chi connectivity index (χ1v) is 17.4.